The number of likely N-dealkylation sites (tertiary alicyclic amines) is 1. The molecule has 0 radical (unpaired) electrons. The molecular formula is C36H54FN. The summed E-state index contributed by atoms with van der Waals surface area (Å²) in [5, 5.41) is 0. The van der Waals surface area contributed by atoms with Crippen molar-refractivity contribution < 1.29 is 4.39 Å². The van der Waals surface area contributed by atoms with Gasteiger partial charge in [0.2, 0.25) is 0 Å². The molecule has 0 saturated carbocycles. The van der Waals surface area contributed by atoms with Gasteiger partial charge < -0.3 is 4.90 Å². The number of nitrogens with zero attached hydrogens (tertiary/aromatic N) is 1. The van der Waals surface area contributed by atoms with E-state index in [1.165, 1.54) is 91.6 Å². The van der Waals surface area contributed by atoms with Crippen molar-refractivity contribution in [3.05, 3.63) is 89.5 Å². The van der Waals surface area contributed by atoms with E-state index < -0.39 is 0 Å². The number of halogens is 1. The summed E-state index contributed by atoms with van der Waals surface area (Å²) in [7, 11) is 0. The van der Waals surface area contributed by atoms with Gasteiger partial charge >= 0.3 is 0 Å². The summed E-state index contributed by atoms with van der Waals surface area (Å²) in [6.07, 6.45) is 14.0. The lowest BCUT2D eigenvalue weighted by atomic mass is 9.95. The molecule has 1 aliphatic rings. The Morgan fingerprint density at radius 2 is 1.47 bits per heavy atom. The third kappa shape index (κ3) is 13.6. The molecule has 0 spiro atoms. The van der Waals surface area contributed by atoms with Crippen LogP contribution in [0.3, 0.4) is 0 Å². The first kappa shape index (κ1) is 32.0. The zero-order chi connectivity index (χ0) is 27.6. The van der Waals surface area contributed by atoms with E-state index in [0.29, 0.717) is 12.3 Å². The highest BCUT2D eigenvalue weighted by molar-refractivity contribution is 5.63. The van der Waals surface area contributed by atoms with Gasteiger partial charge in [0.1, 0.15) is 0 Å². The second-order valence-corrected chi connectivity index (χ2v) is 11.5. The van der Waals surface area contributed by atoms with Gasteiger partial charge in [0.25, 0.3) is 0 Å². The minimum atomic E-state index is -0.173. The molecule has 1 saturated heterocycles. The lowest BCUT2D eigenvalue weighted by molar-refractivity contribution is 0.324. The Hall–Kier alpha value is -2.19. The van der Waals surface area contributed by atoms with Crippen LogP contribution in [-0.2, 0) is 6.42 Å². The van der Waals surface area contributed by atoms with E-state index in [9.17, 15) is 4.39 Å². The van der Waals surface area contributed by atoms with Crippen molar-refractivity contribution >= 4 is 5.57 Å². The van der Waals surface area contributed by atoms with Crippen LogP contribution in [0.4, 0.5) is 4.39 Å². The van der Waals surface area contributed by atoms with Crippen molar-refractivity contribution in [1.29, 1.82) is 0 Å². The SMILES string of the molecule is C=C(C)CCCCCC(=C)c1ccc(C)cc1.CC(CCN1CCCC1)c1ccc(CCCCCF)cc1. The van der Waals surface area contributed by atoms with Crippen LogP contribution in [-0.4, -0.2) is 31.2 Å². The molecule has 0 N–H and O–H groups in total. The minimum absolute atomic E-state index is 0.173. The Bertz CT molecular complexity index is 905. The molecule has 1 fully saturated rings. The number of hydrogen-bond acceptors (Lipinski definition) is 1. The molecule has 0 aromatic heterocycles. The number of unbranched alkanes of at least 4 members (excludes halogenated alkanes) is 4. The molecular weight excluding hydrogens is 465 g/mol. The first-order chi connectivity index (χ1) is 18.4. The summed E-state index contributed by atoms with van der Waals surface area (Å²) in [5.41, 5.74) is 8.01. The number of hydrogen-bond donors (Lipinski definition) is 0. The number of aryl methyl sites for hydroxylation is 2. The molecule has 0 amide bonds. The predicted octanol–water partition coefficient (Wildman–Crippen LogP) is 10.5. The van der Waals surface area contributed by atoms with Gasteiger partial charge in [-0.2, -0.15) is 0 Å². The fourth-order valence-corrected chi connectivity index (χ4v) is 5.04. The summed E-state index contributed by atoms with van der Waals surface area (Å²) < 4.78 is 12.0. The van der Waals surface area contributed by atoms with Gasteiger partial charge in [-0.05, 0) is 126 Å². The molecule has 1 heterocycles. The molecule has 2 aromatic carbocycles. The standard InChI is InChI=1S/C19H30FN.C17H24/c1-17(12-16-21-14-5-6-15-21)19-10-8-18(9-11-19)7-3-2-4-13-20;1-14(2)8-6-5-7-9-16(4)17-12-10-15(3)11-13-17/h8-11,17H,2-7,12-16H2,1H3;10-13H,1,4-9H2,2-3H3. The van der Waals surface area contributed by atoms with Gasteiger partial charge in [0, 0.05) is 0 Å². The van der Waals surface area contributed by atoms with Crippen LogP contribution in [0.15, 0.2) is 67.3 Å². The van der Waals surface area contributed by atoms with E-state index >= 15 is 0 Å². The Morgan fingerprint density at radius 1 is 0.842 bits per heavy atom. The average molecular weight is 520 g/mol. The molecule has 1 nitrogen and oxygen atoms in total. The highest BCUT2D eigenvalue weighted by Gasteiger charge is 2.13. The van der Waals surface area contributed by atoms with Gasteiger partial charge in [-0.1, -0.05) is 86.0 Å². The smallest absolute Gasteiger partial charge is 0.0894 e. The van der Waals surface area contributed by atoms with Crippen molar-refractivity contribution in [2.75, 3.05) is 26.3 Å². The fraction of sp³-hybridized carbons (Fsp3) is 0.556. The molecule has 2 heteroatoms. The topological polar surface area (TPSA) is 3.24 Å². The summed E-state index contributed by atoms with van der Waals surface area (Å²) in [4.78, 5) is 2.59. The Labute approximate surface area is 234 Å². The van der Waals surface area contributed by atoms with E-state index in [0.717, 1.165) is 32.1 Å². The fourth-order valence-electron chi connectivity index (χ4n) is 5.04. The van der Waals surface area contributed by atoms with Crippen LogP contribution in [0.1, 0.15) is 113 Å². The summed E-state index contributed by atoms with van der Waals surface area (Å²) in [6, 6.07) is 17.8. The average Bonchev–Trinajstić information content (AvgIpc) is 3.44. The molecule has 2 aromatic rings. The number of rotatable bonds is 16. The highest BCUT2D eigenvalue weighted by Crippen LogP contribution is 2.22. The van der Waals surface area contributed by atoms with Crippen molar-refractivity contribution in [1.82, 2.24) is 4.90 Å². The molecule has 1 aliphatic heterocycles. The third-order valence-electron chi connectivity index (χ3n) is 7.77. The highest BCUT2D eigenvalue weighted by atomic mass is 19.1. The Balaban J connectivity index is 0.000000273. The molecule has 0 aliphatic carbocycles. The Morgan fingerprint density at radius 3 is 2.11 bits per heavy atom. The predicted molar refractivity (Wildman–Crippen MR) is 167 cm³/mol. The van der Waals surface area contributed by atoms with Gasteiger partial charge in [0.05, 0.1) is 6.67 Å². The van der Waals surface area contributed by atoms with Crippen LogP contribution in [0.2, 0.25) is 0 Å². The van der Waals surface area contributed by atoms with Crippen molar-refractivity contribution in [2.45, 2.75) is 104 Å². The molecule has 1 unspecified atom stereocenters. The molecule has 3 rings (SSSR count). The monoisotopic (exact) mass is 519 g/mol. The van der Waals surface area contributed by atoms with Crippen molar-refractivity contribution in [3.8, 4) is 0 Å². The van der Waals surface area contributed by atoms with E-state index in [1.807, 2.05) is 0 Å². The summed E-state index contributed by atoms with van der Waals surface area (Å²) >= 11 is 0. The normalized spacial score (nSPS) is 14.1. The van der Waals surface area contributed by atoms with E-state index in [4.69, 9.17) is 0 Å². The number of allylic oxidation sites excluding steroid dienone is 2. The minimum Gasteiger partial charge on any atom is -0.303 e. The molecule has 210 valence electrons. The second kappa shape index (κ2) is 19.0. The van der Waals surface area contributed by atoms with E-state index in [2.05, 4.69) is 87.4 Å². The van der Waals surface area contributed by atoms with Crippen LogP contribution in [0.25, 0.3) is 5.57 Å². The van der Waals surface area contributed by atoms with Gasteiger partial charge in [0.15, 0.2) is 0 Å². The first-order valence-corrected chi connectivity index (χ1v) is 15.2. The largest absolute Gasteiger partial charge is 0.303 e. The number of benzene rings is 2. The van der Waals surface area contributed by atoms with Gasteiger partial charge in [-0.15, -0.1) is 6.58 Å². The quantitative estimate of drug-likeness (QED) is 0.157. The first-order valence-electron chi connectivity index (χ1n) is 15.2. The van der Waals surface area contributed by atoms with E-state index in [1.54, 1.807) is 0 Å². The maximum absolute atomic E-state index is 12.0. The van der Waals surface area contributed by atoms with Gasteiger partial charge in [-0.25, -0.2) is 0 Å². The van der Waals surface area contributed by atoms with Crippen LogP contribution in [0, 0.1) is 6.92 Å². The van der Waals surface area contributed by atoms with Gasteiger partial charge in [-0.3, -0.25) is 4.39 Å². The zero-order valence-electron chi connectivity index (χ0n) is 24.7. The second-order valence-electron chi connectivity index (χ2n) is 11.5. The summed E-state index contributed by atoms with van der Waals surface area (Å²) in [5.74, 6) is 0.645. The molecule has 38 heavy (non-hydrogen) atoms. The lowest BCUT2D eigenvalue weighted by Crippen LogP contribution is -2.21. The maximum Gasteiger partial charge on any atom is 0.0894 e. The van der Waals surface area contributed by atoms with Crippen LogP contribution >= 0.6 is 0 Å². The molecule has 0 bridgehead atoms. The maximum atomic E-state index is 12.0. The Kier molecular flexibility index (Phi) is 16.0. The lowest BCUT2D eigenvalue weighted by Gasteiger charge is -2.18. The van der Waals surface area contributed by atoms with Crippen molar-refractivity contribution in [3.63, 3.8) is 0 Å². The number of alkyl halides is 1. The van der Waals surface area contributed by atoms with Crippen LogP contribution < -0.4 is 0 Å². The third-order valence-corrected chi connectivity index (χ3v) is 7.77. The van der Waals surface area contributed by atoms with E-state index in [-0.39, 0.29) is 6.67 Å². The van der Waals surface area contributed by atoms with Crippen molar-refractivity contribution in [2.24, 2.45) is 0 Å². The zero-order valence-corrected chi connectivity index (χ0v) is 24.7. The van der Waals surface area contributed by atoms with Crippen LogP contribution in [0.5, 0.6) is 0 Å². The summed E-state index contributed by atoms with van der Waals surface area (Å²) in [6.45, 7) is 18.3. The molecule has 1 atom stereocenters.